The number of likely N-dealkylation sites (tertiary alicyclic amines) is 1. The van der Waals surface area contributed by atoms with Gasteiger partial charge in [0.05, 0.1) is 13.7 Å². The fourth-order valence-corrected chi connectivity index (χ4v) is 3.40. The topological polar surface area (TPSA) is 41.6 Å². The summed E-state index contributed by atoms with van der Waals surface area (Å²) >= 11 is 0. The average molecular weight is 338 g/mol. The fourth-order valence-electron chi connectivity index (χ4n) is 3.40. The molecule has 1 aliphatic heterocycles. The summed E-state index contributed by atoms with van der Waals surface area (Å²) in [5.41, 5.74) is 2.19. The van der Waals surface area contributed by atoms with E-state index in [1.54, 1.807) is 7.11 Å². The summed E-state index contributed by atoms with van der Waals surface area (Å²) in [6, 6.07) is 18.1. The van der Waals surface area contributed by atoms with E-state index < -0.39 is 0 Å². The number of amides is 1. The second-order valence-corrected chi connectivity index (χ2v) is 6.69. The maximum absolute atomic E-state index is 12.3. The maximum Gasteiger partial charge on any atom is 0.238 e. The highest BCUT2D eigenvalue weighted by molar-refractivity contribution is 5.92. The quantitative estimate of drug-likeness (QED) is 0.875. The first kappa shape index (κ1) is 17.5. The minimum atomic E-state index is 0.0368. The molecule has 4 nitrogen and oxygen atoms in total. The van der Waals surface area contributed by atoms with E-state index in [0.717, 1.165) is 49.7 Å². The highest BCUT2D eigenvalue weighted by Gasteiger charge is 2.21. The van der Waals surface area contributed by atoms with Gasteiger partial charge in [-0.1, -0.05) is 36.4 Å². The van der Waals surface area contributed by atoms with Gasteiger partial charge in [0.25, 0.3) is 0 Å². The molecule has 1 saturated heterocycles. The summed E-state index contributed by atoms with van der Waals surface area (Å²) in [7, 11) is 1.63. The van der Waals surface area contributed by atoms with E-state index in [1.165, 1.54) is 5.56 Å². The van der Waals surface area contributed by atoms with Gasteiger partial charge in [-0.3, -0.25) is 9.69 Å². The van der Waals surface area contributed by atoms with Crippen molar-refractivity contribution in [3.8, 4) is 5.75 Å². The van der Waals surface area contributed by atoms with Crippen molar-refractivity contribution in [1.82, 2.24) is 4.90 Å². The second kappa shape index (κ2) is 8.67. The first-order chi connectivity index (χ1) is 12.2. The Morgan fingerprint density at radius 3 is 2.60 bits per heavy atom. The monoisotopic (exact) mass is 338 g/mol. The summed E-state index contributed by atoms with van der Waals surface area (Å²) in [5.74, 6) is 1.51. The van der Waals surface area contributed by atoms with Crippen molar-refractivity contribution >= 4 is 11.6 Å². The number of hydrogen-bond acceptors (Lipinski definition) is 3. The van der Waals surface area contributed by atoms with Crippen LogP contribution >= 0.6 is 0 Å². The Hall–Kier alpha value is -2.33. The molecular formula is C21H26N2O2. The normalized spacial score (nSPS) is 15.7. The van der Waals surface area contributed by atoms with E-state index in [-0.39, 0.29) is 5.91 Å². The molecule has 1 amide bonds. The van der Waals surface area contributed by atoms with Crippen LogP contribution in [0.15, 0.2) is 54.6 Å². The summed E-state index contributed by atoms with van der Waals surface area (Å²) in [6.45, 7) is 2.43. The second-order valence-electron chi connectivity index (χ2n) is 6.69. The molecule has 3 rings (SSSR count). The van der Waals surface area contributed by atoms with Crippen LogP contribution in [0.25, 0.3) is 0 Å². The van der Waals surface area contributed by atoms with Crippen LogP contribution in [0.3, 0.4) is 0 Å². The molecule has 2 aromatic rings. The van der Waals surface area contributed by atoms with E-state index in [9.17, 15) is 4.79 Å². The molecule has 0 spiro atoms. The van der Waals surface area contributed by atoms with Gasteiger partial charge in [0, 0.05) is 11.8 Å². The Balaban J connectivity index is 1.43. The van der Waals surface area contributed by atoms with Crippen LogP contribution in [0.1, 0.15) is 18.4 Å². The van der Waals surface area contributed by atoms with Gasteiger partial charge in [0.1, 0.15) is 5.75 Å². The number of hydrogen-bond donors (Lipinski definition) is 1. The predicted octanol–water partition coefficient (Wildman–Crippen LogP) is 3.59. The SMILES string of the molecule is COc1cccc(NC(=O)CN2CCC(Cc3ccccc3)CC2)c1. The average Bonchev–Trinajstić information content (AvgIpc) is 2.64. The molecular weight excluding hydrogens is 312 g/mol. The molecule has 132 valence electrons. The Morgan fingerprint density at radius 2 is 1.88 bits per heavy atom. The highest BCUT2D eigenvalue weighted by atomic mass is 16.5. The van der Waals surface area contributed by atoms with E-state index in [4.69, 9.17) is 4.74 Å². The van der Waals surface area contributed by atoms with Crippen molar-refractivity contribution in [3.63, 3.8) is 0 Å². The first-order valence-corrected chi connectivity index (χ1v) is 8.93. The number of nitrogens with zero attached hydrogens (tertiary/aromatic N) is 1. The zero-order chi connectivity index (χ0) is 17.5. The number of nitrogens with one attached hydrogen (secondary N) is 1. The number of methoxy groups -OCH3 is 1. The van der Waals surface area contributed by atoms with Crippen molar-refractivity contribution < 1.29 is 9.53 Å². The standard InChI is InChI=1S/C21H26N2O2/c1-25-20-9-5-8-19(15-20)22-21(24)16-23-12-10-18(11-13-23)14-17-6-3-2-4-7-17/h2-9,15,18H,10-14,16H2,1H3,(H,22,24). The molecule has 0 bridgehead atoms. The third-order valence-corrected chi connectivity index (χ3v) is 4.80. The molecule has 0 aromatic heterocycles. The van der Waals surface area contributed by atoms with Gasteiger partial charge in [0.2, 0.25) is 5.91 Å². The molecule has 0 aliphatic carbocycles. The Morgan fingerprint density at radius 1 is 1.12 bits per heavy atom. The molecule has 4 heteroatoms. The van der Waals surface area contributed by atoms with Gasteiger partial charge < -0.3 is 10.1 Å². The van der Waals surface area contributed by atoms with Gasteiger partial charge in [-0.25, -0.2) is 0 Å². The smallest absolute Gasteiger partial charge is 0.238 e. The number of carbonyl (C=O) groups excluding carboxylic acids is 1. The Bertz CT molecular complexity index is 679. The first-order valence-electron chi connectivity index (χ1n) is 8.93. The van der Waals surface area contributed by atoms with Gasteiger partial charge in [-0.05, 0) is 56.0 Å². The number of rotatable bonds is 6. The largest absolute Gasteiger partial charge is 0.497 e. The molecule has 1 aliphatic rings. The van der Waals surface area contributed by atoms with E-state index >= 15 is 0 Å². The Labute approximate surface area is 149 Å². The third kappa shape index (κ3) is 5.33. The molecule has 1 N–H and O–H groups in total. The van der Waals surface area contributed by atoms with Crippen LogP contribution in [0.2, 0.25) is 0 Å². The van der Waals surface area contributed by atoms with Gasteiger partial charge >= 0.3 is 0 Å². The molecule has 0 radical (unpaired) electrons. The van der Waals surface area contributed by atoms with Crippen molar-refractivity contribution in [2.45, 2.75) is 19.3 Å². The lowest BCUT2D eigenvalue weighted by Crippen LogP contribution is -2.39. The lowest BCUT2D eigenvalue weighted by atomic mass is 9.90. The molecule has 2 aromatic carbocycles. The lowest BCUT2D eigenvalue weighted by Gasteiger charge is -2.31. The number of benzene rings is 2. The molecule has 1 fully saturated rings. The van der Waals surface area contributed by atoms with Crippen LogP contribution in [0, 0.1) is 5.92 Å². The number of piperidine rings is 1. The minimum Gasteiger partial charge on any atom is -0.497 e. The summed E-state index contributed by atoms with van der Waals surface area (Å²) in [5, 5.41) is 2.95. The summed E-state index contributed by atoms with van der Waals surface area (Å²) < 4.78 is 5.19. The van der Waals surface area contributed by atoms with Crippen LogP contribution in [-0.2, 0) is 11.2 Å². The van der Waals surface area contributed by atoms with Crippen LogP contribution in [0.4, 0.5) is 5.69 Å². The number of anilines is 1. The third-order valence-electron chi connectivity index (χ3n) is 4.80. The Kier molecular flexibility index (Phi) is 6.07. The zero-order valence-corrected chi connectivity index (χ0v) is 14.8. The van der Waals surface area contributed by atoms with Crippen molar-refractivity contribution in [2.75, 3.05) is 32.1 Å². The van der Waals surface area contributed by atoms with Crippen molar-refractivity contribution in [3.05, 3.63) is 60.2 Å². The van der Waals surface area contributed by atoms with Gasteiger partial charge in [-0.15, -0.1) is 0 Å². The predicted molar refractivity (Wildman–Crippen MR) is 101 cm³/mol. The summed E-state index contributed by atoms with van der Waals surface area (Å²) in [4.78, 5) is 14.5. The fraction of sp³-hybridized carbons (Fsp3) is 0.381. The molecule has 25 heavy (non-hydrogen) atoms. The summed E-state index contributed by atoms with van der Waals surface area (Å²) in [6.07, 6.45) is 3.45. The lowest BCUT2D eigenvalue weighted by molar-refractivity contribution is -0.117. The van der Waals surface area contributed by atoms with E-state index in [0.29, 0.717) is 6.54 Å². The minimum absolute atomic E-state index is 0.0368. The van der Waals surface area contributed by atoms with Gasteiger partial charge in [0.15, 0.2) is 0 Å². The van der Waals surface area contributed by atoms with Crippen molar-refractivity contribution in [1.29, 1.82) is 0 Å². The molecule has 0 atom stereocenters. The number of ether oxygens (including phenoxy) is 1. The van der Waals surface area contributed by atoms with E-state index in [2.05, 4.69) is 40.5 Å². The van der Waals surface area contributed by atoms with E-state index in [1.807, 2.05) is 24.3 Å². The molecule has 1 heterocycles. The zero-order valence-electron chi connectivity index (χ0n) is 14.8. The number of carbonyl (C=O) groups is 1. The molecule has 0 unspecified atom stereocenters. The molecule has 0 saturated carbocycles. The van der Waals surface area contributed by atoms with Crippen LogP contribution in [-0.4, -0.2) is 37.6 Å². The van der Waals surface area contributed by atoms with Crippen molar-refractivity contribution in [2.24, 2.45) is 5.92 Å². The maximum atomic E-state index is 12.3. The van der Waals surface area contributed by atoms with Crippen LogP contribution in [0.5, 0.6) is 5.75 Å². The highest BCUT2D eigenvalue weighted by Crippen LogP contribution is 2.22. The van der Waals surface area contributed by atoms with Crippen LogP contribution < -0.4 is 10.1 Å². The van der Waals surface area contributed by atoms with Gasteiger partial charge in [-0.2, -0.15) is 0 Å².